The Morgan fingerprint density at radius 1 is 0.960 bits per heavy atom. The Bertz CT molecular complexity index is 1070. The first kappa shape index (κ1) is 15.8. The summed E-state index contributed by atoms with van der Waals surface area (Å²) >= 11 is 1.53. The Hall–Kier alpha value is -2.74. The number of hydrogen-bond donors (Lipinski definition) is 1. The molecule has 0 radical (unpaired) electrons. The third-order valence-corrected chi connectivity index (χ3v) is 4.74. The molecule has 2 heterocycles. The molecule has 2 aromatic carbocycles. The Kier molecular flexibility index (Phi) is 3.57. The molecule has 4 aromatic rings. The number of aromatic nitrogens is 3. The standard InChI is InChI=1S/C17H11F3N4S/c1-9-23-13-7-6-12-14(15(13)25-9)16(22-8-21-12)24-11-4-2-10(3-5-11)17(18,19)20/h2-8H,1H3,(H,21,22,24). The molecule has 126 valence electrons. The van der Waals surface area contributed by atoms with Gasteiger partial charge in [-0.25, -0.2) is 15.0 Å². The first-order chi connectivity index (χ1) is 11.9. The first-order valence-electron chi connectivity index (χ1n) is 7.37. The summed E-state index contributed by atoms with van der Waals surface area (Å²) in [4.78, 5) is 13.0. The summed E-state index contributed by atoms with van der Waals surface area (Å²) in [6.45, 7) is 1.92. The molecular weight excluding hydrogens is 349 g/mol. The molecule has 2 aromatic heterocycles. The van der Waals surface area contributed by atoms with Crippen LogP contribution in [0.5, 0.6) is 0 Å². The van der Waals surface area contributed by atoms with Crippen LogP contribution in [0.3, 0.4) is 0 Å². The van der Waals surface area contributed by atoms with Crippen molar-refractivity contribution in [2.45, 2.75) is 13.1 Å². The van der Waals surface area contributed by atoms with Gasteiger partial charge in [0.05, 0.1) is 31.7 Å². The number of fused-ring (bicyclic) bond motifs is 3. The third-order valence-electron chi connectivity index (χ3n) is 3.74. The van der Waals surface area contributed by atoms with E-state index in [1.165, 1.54) is 29.8 Å². The maximum Gasteiger partial charge on any atom is 0.416 e. The monoisotopic (exact) mass is 360 g/mol. The highest BCUT2D eigenvalue weighted by Gasteiger charge is 2.29. The number of benzene rings is 2. The minimum atomic E-state index is -4.35. The van der Waals surface area contributed by atoms with Gasteiger partial charge in [0, 0.05) is 5.69 Å². The number of anilines is 2. The molecule has 0 spiro atoms. The first-order valence-corrected chi connectivity index (χ1v) is 8.18. The minimum Gasteiger partial charge on any atom is -0.340 e. The smallest absolute Gasteiger partial charge is 0.340 e. The maximum absolute atomic E-state index is 12.7. The van der Waals surface area contributed by atoms with Crippen LogP contribution in [0.15, 0.2) is 42.7 Å². The zero-order valence-electron chi connectivity index (χ0n) is 12.9. The van der Waals surface area contributed by atoms with Gasteiger partial charge in [-0.15, -0.1) is 11.3 Å². The molecule has 0 aliphatic carbocycles. The van der Waals surface area contributed by atoms with Gasteiger partial charge in [-0.05, 0) is 43.3 Å². The normalized spacial score (nSPS) is 12.0. The van der Waals surface area contributed by atoms with Crippen molar-refractivity contribution < 1.29 is 13.2 Å². The van der Waals surface area contributed by atoms with Gasteiger partial charge in [0.1, 0.15) is 12.1 Å². The average molecular weight is 360 g/mol. The molecule has 4 nitrogen and oxygen atoms in total. The highest BCUT2D eigenvalue weighted by Crippen LogP contribution is 2.35. The van der Waals surface area contributed by atoms with Crippen molar-refractivity contribution in [3.63, 3.8) is 0 Å². The van der Waals surface area contributed by atoms with Gasteiger partial charge < -0.3 is 5.32 Å². The van der Waals surface area contributed by atoms with Gasteiger partial charge in [-0.3, -0.25) is 0 Å². The zero-order valence-corrected chi connectivity index (χ0v) is 13.7. The highest BCUT2D eigenvalue weighted by molar-refractivity contribution is 7.19. The summed E-state index contributed by atoms with van der Waals surface area (Å²) in [5, 5.41) is 4.82. The molecule has 8 heteroatoms. The van der Waals surface area contributed by atoms with Crippen molar-refractivity contribution in [3.05, 3.63) is 53.3 Å². The van der Waals surface area contributed by atoms with E-state index in [2.05, 4.69) is 20.3 Å². The van der Waals surface area contributed by atoms with Crippen molar-refractivity contribution in [2.75, 3.05) is 5.32 Å². The van der Waals surface area contributed by atoms with Crippen LogP contribution in [0.2, 0.25) is 0 Å². The SMILES string of the molecule is Cc1nc2ccc3ncnc(Nc4ccc(C(F)(F)F)cc4)c3c2s1. The lowest BCUT2D eigenvalue weighted by atomic mass is 10.2. The van der Waals surface area contributed by atoms with Crippen LogP contribution in [0.1, 0.15) is 10.6 Å². The quantitative estimate of drug-likeness (QED) is 0.526. The molecule has 0 fully saturated rings. The molecule has 4 rings (SSSR count). The molecule has 1 N–H and O–H groups in total. The molecule has 0 saturated carbocycles. The van der Waals surface area contributed by atoms with E-state index >= 15 is 0 Å². The largest absolute Gasteiger partial charge is 0.416 e. The zero-order chi connectivity index (χ0) is 17.6. The molecule has 0 aliphatic heterocycles. The summed E-state index contributed by atoms with van der Waals surface area (Å²) in [5.74, 6) is 0.541. The lowest BCUT2D eigenvalue weighted by Crippen LogP contribution is -2.04. The maximum atomic E-state index is 12.7. The summed E-state index contributed by atoms with van der Waals surface area (Å²) < 4.78 is 39.0. The number of alkyl halides is 3. The Morgan fingerprint density at radius 2 is 1.68 bits per heavy atom. The van der Waals surface area contributed by atoms with E-state index in [0.29, 0.717) is 11.5 Å². The van der Waals surface area contributed by atoms with E-state index in [-0.39, 0.29) is 0 Å². The van der Waals surface area contributed by atoms with Crippen LogP contribution >= 0.6 is 11.3 Å². The number of aryl methyl sites for hydroxylation is 1. The number of nitrogens with zero attached hydrogens (tertiary/aromatic N) is 3. The topological polar surface area (TPSA) is 50.7 Å². The van der Waals surface area contributed by atoms with E-state index in [0.717, 1.165) is 38.3 Å². The van der Waals surface area contributed by atoms with E-state index in [4.69, 9.17) is 0 Å². The van der Waals surface area contributed by atoms with Crippen LogP contribution in [0.25, 0.3) is 21.1 Å². The highest BCUT2D eigenvalue weighted by atomic mass is 32.1. The Morgan fingerprint density at radius 3 is 2.40 bits per heavy atom. The number of hydrogen-bond acceptors (Lipinski definition) is 5. The number of nitrogens with one attached hydrogen (secondary N) is 1. The van der Waals surface area contributed by atoms with Crippen LogP contribution < -0.4 is 5.32 Å². The summed E-state index contributed by atoms with van der Waals surface area (Å²) in [6.07, 6.45) is -2.93. The fourth-order valence-electron chi connectivity index (χ4n) is 2.62. The summed E-state index contributed by atoms with van der Waals surface area (Å²) in [6, 6.07) is 8.60. The molecule has 0 unspecified atom stereocenters. The number of halogens is 3. The van der Waals surface area contributed by atoms with Crippen molar-refractivity contribution in [1.29, 1.82) is 0 Å². The predicted octanol–water partition coefficient (Wildman–Crippen LogP) is 5.31. The fraction of sp³-hybridized carbons (Fsp3) is 0.118. The molecular formula is C17H11F3N4S. The van der Waals surface area contributed by atoms with Crippen LogP contribution in [0, 0.1) is 6.92 Å². The van der Waals surface area contributed by atoms with E-state index < -0.39 is 11.7 Å². The fourth-order valence-corrected chi connectivity index (χ4v) is 3.58. The Balaban J connectivity index is 1.80. The average Bonchev–Trinajstić information content (AvgIpc) is 2.95. The second kappa shape index (κ2) is 5.66. The lowest BCUT2D eigenvalue weighted by Gasteiger charge is -2.10. The molecule has 0 saturated heterocycles. The van der Waals surface area contributed by atoms with Crippen LogP contribution in [-0.2, 0) is 6.18 Å². The second-order valence-corrected chi connectivity index (χ2v) is 6.67. The molecule has 0 bridgehead atoms. The van der Waals surface area contributed by atoms with Crippen LogP contribution in [0.4, 0.5) is 24.7 Å². The van der Waals surface area contributed by atoms with E-state index in [1.54, 1.807) is 0 Å². The van der Waals surface area contributed by atoms with Crippen molar-refractivity contribution in [3.8, 4) is 0 Å². The second-order valence-electron chi connectivity index (χ2n) is 5.46. The van der Waals surface area contributed by atoms with Crippen molar-refractivity contribution in [2.24, 2.45) is 0 Å². The lowest BCUT2D eigenvalue weighted by molar-refractivity contribution is -0.137. The van der Waals surface area contributed by atoms with Gasteiger partial charge in [-0.2, -0.15) is 13.2 Å². The predicted molar refractivity (Wildman–Crippen MR) is 92.2 cm³/mol. The van der Waals surface area contributed by atoms with Gasteiger partial charge in [0.2, 0.25) is 0 Å². The van der Waals surface area contributed by atoms with Crippen LogP contribution in [-0.4, -0.2) is 15.0 Å². The van der Waals surface area contributed by atoms with Gasteiger partial charge in [0.15, 0.2) is 0 Å². The van der Waals surface area contributed by atoms with E-state index in [9.17, 15) is 13.2 Å². The minimum absolute atomic E-state index is 0.520. The number of thiazole rings is 1. The van der Waals surface area contributed by atoms with Crippen molar-refractivity contribution >= 4 is 44.0 Å². The van der Waals surface area contributed by atoms with Gasteiger partial charge >= 0.3 is 6.18 Å². The van der Waals surface area contributed by atoms with Gasteiger partial charge in [-0.1, -0.05) is 0 Å². The summed E-state index contributed by atoms with van der Waals surface area (Å²) in [7, 11) is 0. The molecule has 0 aliphatic rings. The Labute approximate surface area is 144 Å². The molecule has 25 heavy (non-hydrogen) atoms. The van der Waals surface area contributed by atoms with E-state index in [1.807, 2.05) is 19.1 Å². The molecule has 0 amide bonds. The third kappa shape index (κ3) is 2.89. The summed E-state index contributed by atoms with van der Waals surface area (Å²) in [5.41, 5.74) is 1.43. The van der Waals surface area contributed by atoms with Gasteiger partial charge in [0.25, 0.3) is 0 Å². The van der Waals surface area contributed by atoms with Crippen molar-refractivity contribution in [1.82, 2.24) is 15.0 Å². The molecule has 0 atom stereocenters. The number of rotatable bonds is 2.